The van der Waals surface area contributed by atoms with Gasteiger partial charge in [-0.1, -0.05) is 48.8 Å². The highest BCUT2D eigenvalue weighted by molar-refractivity contribution is 5.93. The first-order chi connectivity index (χ1) is 12.7. The van der Waals surface area contributed by atoms with Crippen LogP contribution in [0.4, 0.5) is 5.69 Å². The van der Waals surface area contributed by atoms with E-state index in [9.17, 15) is 9.59 Å². The van der Waals surface area contributed by atoms with Crippen LogP contribution in [0.1, 0.15) is 35.7 Å². The Morgan fingerprint density at radius 3 is 2.50 bits per heavy atom. The van der Waals surface area contributed by atoms with Crippen molar-refractivity contribution in [3.05, 3.63) is 65.7 Å². The number of carbonyl (C=O) groups excluding carboxylic acids is 2. The maximum Gasteiger partial charge on any atom is 0.338 e. The normalized spacial score (nSPS) is 10.5. The van der Waals surface area contributed by atoms with Gasteiger partial charge >= 0.3 is 5.97 Å². The van der Waals surface area contributed by atoms with Crippen LogP contribution < -0.4 is 5.32 Å². The van der Waals surface area contributed by atoms with Crippen LogP contribution in [0.25, 0.3) is 0 Å². The van der Waals surface area contributed by atoms with Gasteiger partial charge in [-0.3, -0.25) is 4.79 Å². The van der Waals surface area contributed by atoms with Crippen LogP contribution in [0.3, 0.4) is 0 Å². The molecule has 2 rings (SSSR count). The molecule has 0 saturated carbocycles. The van der Waals surface area contributed by atoms with Crippen LogP contribution in [-0.2, 0) is 14.4 Å². The topological polar surface area (TPSA) is 77.0 Å². The highest BCUT2D eigenvalue weighted by Gasteiger charge is 2.08. The van der Waals surface area contributed by atoms with Crippen molar-refractivity contribution in [3.8, 4) is 0 Å². The number of unbranched alkanes of at least 4 members (excludes halogenated alkanes) is 1. The summed E-state index contributed by atoms with van der Waals surface area (Å²) in [6, 6.07) is 15.9. The first-order valence-corrected chi connectivity index (χ1v) is 8.46. The third kappa shape index (κ3) is 6.76. The molecule has 0 aliphatic rings. The zero-order valence-corrected chi connectivity index (χ0v) is 14.7. The smallest absolute Gasteiger partial charge is 0.338 e. The molecular formula is C20H22N2O4. The van der Waals surface area contributed by atoms with Crippen LogP contribution in [0, 0.1) is 0 Å². The molecule has 0 aromatic heterocycles. The molecule has 0 aliphatic carbocycles. The lowest BCUT2D eigenvalue weighted by Gasteiger charge is -2.06. The van der Waals surface area contributed by atoms with E-state index in [4.69, 9.17) is 9.57 Å². The molecule has 6 nitrogen and oxygen atoms in total. The number of amides is 1. The number of ether oxygens (including phenoxy) is 1. The number of nitrogens with zero attached hydrogens (tertiary/aromatic N) is 1. The third-order valence-corrected chi connectivity index (χ3v) is 3.41. The van der Waals surface area contributed by atoms with E-state index in [1.165, 1.54) is 6.21 Å². The fraction of sp³-hybridized carbons (Fsp3) is 0.250. The van der Waals surface area contributed by atoms with E-state index in [1.54, 1.807) is 24.3 Å². The van der Waals surface area contributed by atoms with Crippen molar-refractivity contribution in [3.63, 3.8) is 0 Å². The van der Waals surface area contributed by atoms with Crippen LogP contribution in [-0.4, -0.2) is 31.3 Å². The maximum atomic E-state index is 11.8. The molecule has 136 valence electrons. The number of hydrogen-bond acceptors (Lipinski definition) is 5. The van der Waals surface area contributed by atoms with E-state index in [0.717, 1.165) is 18.4 Å². The van der Waals surface area contributed by atoms with Crippen molar-refractivity contribution < 1.29 is 19.2 Å². The largest absolute Gasteiger partial charge is 0.462 e. The number of anilines is 1. The van der Waals surface area contributed by atoms with E-state index >= 15 is 0 Å². The average molecular weight is 354 g/mol. The van der Waals surface area contributed by atoms with Crippen molar-refractivity contribution in [2.75, 3.05) is 18.5 Å². The third-order valence-electron chi connectivity index (χ3n) is 3.41. The first kappa shape index (κ1) is 19.2. The van der Waals surface area contributed by atoms with Crippen LogP contribution >= 0.6 is 0 Å². The molecule has 0 fully saturated rings. The molecule has 0 spiro atoms. The Morgan fingerprint density at radius 2 is 1.81 bits per heavy atom. The van der Waals surface area contributed by atoms with E-state index in [2.05, 4.69) is 10.5 Å². The zero-order chi connectivity index (χ0) is 18.6. The van der Waals surface area contributed by atoms with Gasteiger partial charge in [0, 0.05) is 5.69 Å². The fourth-order valence-electron chi connectivity index (χ4n) is 2.01. The van der Waals surface area contributed by atoms with Gasteiger partial charge in [-0.2, -0.15) is 0 Å². The van der Waals surface area contributed by atoms with E-state index in [1.807, 2.05) is 37.3 Å². The van der Waals surface area contributed by atoms with E-state index in [-0.39, 0.29) is 18.5 Å². The summed E-state index contributed by atoms with van der Waals surface area (Å²) in [5, 5.41) is 6.42. The Bertz CT molecular complexity index is 727. The molecule has 0 saturated heterocycles. The number of carbonyl (C=O) groups is 2. The number of benzene rings is 2. The molecule has 1 N–H and O–H groups in total. The van der Waals surface area contributed by atoms with Gasteiger partial charge in [0.2, 0.25) is 0 Å². The van der Waals surface area contributed by atoms with Crippen LogP contribution in [0.15, 0.2) is 59.8 Å². The van der Waals surface area contributed by atoms with E-state index < -0.39 is 0 Å². The molecule has 0 aliphatic heterocycles. The molecule has 2 aromatic carbocycles. The Hall–Kier alpha value is -3.15. The summed E-state index contributed by atoms with van der Waals surface area (Å²) in [7, 11) is 0. The number of nitrogens with one attached hydrogen (secondary N) is 1. The monoisotopic (exact) mass is 354 g/mol. The summed E-state index contributed by atoms with van der Waals surface area (Å²) in [6.45, 7) is 2.24. The molecule has 0 bridgehead atoms. The lowest BCUT2D eigenvalue weighted by molar-refractivity contribution is -0.120. The number of hydrogen-bond donors (Lipinski definition) is 1. The second kappa shape index (κ2) is 10.7. The highest BCUT2D eigenvalue weighted by Crippen LogP contribution is 2.11. The summed E-state index contributed by atoms with van der Waals surface area (Å²) < 4.78 is 5.13. The summed E-state index contributed by atoms with van der Waals surface area (Å²) in [5.74, 6) is -0.705. The highest BCUT2D eigenvalue weighted by atomic mass is 16.6. The standard InChI is InChI=1S/C20H22N2O4/c1-2-3-13-25-20(24)17-9-11-18(12-10-17)22-19(23)15-26-21-14-16-7-5-4-6-8-16/h4-12,14H,2-3,13,15H2,1H3,(H,22,23)/b21-14-. The molecule has 0 heterocycles. The van der Waals surface area contributed by atoms with Gasteiger partial charge in [0.05, 0.1) is 18.4 Å². The minimum atomic E-state index is -0.366. The summed E-state index contributed by atoms with van der Waals surface area (Å²) >= 11 is 0. The Kier molecular flexibility index (Phi) is 7.86. The number of esters is 1. The lowest BCUT2D eigenvalue weighted by Crippen LogP contribution is -2.17. The Labute approximate surface area is 152 Å². The maximum absolute atomic E-state index is 11.8. The molecule has 6 heteroatoms. The number of rotatable bonds is 9. The second-order valence-corrected chi connectivity index (χ2v) is 5.53. The van der Waals surface area contributed by atoms with Gasteiger partial charge in [0.15, 0.2) is 6.61 Å². The zero-order valence-electron chi connectivity index (χ0n) is 14.7. The van der Waals surface area contributed by atoms with Gasteiger partial charge in [-0.25, -0.2) is 4.79 Å². The fourth-order valence-corrected chi connectivity index (χ4v) is 2.01. The van der Waals surface area contributed by atoms with E-state index in [0.29, 0.717) is 17.9 Å². The second-order valence-electron chi connectivity index (χ2n) is 5.53. The lowest BCUT2D eigenvalue weighted by atomic mass is 10.2. The minimum Gasteiger partial charge on any atom is -0.462 e. The molecule has 0 atom stereocenters. The molecule has 2 aromatic rings. The van der Waals surface area contributed by atoms with Gasteiger partial charge in [0.25, 0.3) is 5.91 Å². The molecule has 0 radical (unpaired) electrons. The summed E-state index contributed by atoms with van der Waals surface area (Å²) in [6.07, 6.45) is 3.34. The van der Waals surface area contributed by atoms with Gasteiger partial charge in [-0.15, -0.1) is 0 Å². The quantitative estimate of drug-likeness (QED) is 0.323. The summed E-state index contributed by atoms with van der Waals surface area (Å²) in [4.78, 5) is 28.6. The van der Waals surface area contributed by atoms with Crippen molar-refractivity contribution in [2.45, 2.75) is 19.8 Å². The van der Waals surface area contributed by atoms with Crippen molar-refractivity contribution in [2.24, 2.45) is 5.16 Å². The van der Waals surface area contributed by atoms with Crippen LogP contribution in [0.2, 0.25) is 0 Å². The first-order valence-electron chi connectivity index (χ1n) is 8.46. The van der Waals surface area contributed by atoms with Crippen molar-refractivity contribution in [1.29, 1.82) is 0 Å². The predicted molar refractivity (Wildman–Crippen MR) is 100 cm³/mol. The predicted octanol–water partition coefficient (Wildman–Crippen LogP) is 3.63. The summed E-state index contributed by atoms with van der Waals surface area (Å²) in [5.41, 5.74) is 1.90. The minimum absolute atomic E-state index is 0.204. The number of oxime groups is 1. The SMILES string of the molecule is CCCCOC(=O)c1ccc(NC(=O)CO/N=C\c2ccccc2)cc1. The van der Waals surface area contributed by atoms with Gasteiger partial charge in [-0.05, 0) is 36.2 Å². The molecule has 1 amide bonds. The Morgan fingerprint density at radius 1 is 1.08 bits per heavy atom. The van der Waals surface area contributed by atoms with Gasteiger partial charge in [0.1, 0.15) is 0 Å². The molecule has 26 heavy (non-hydrogen) atoms. The van der Waals surface area contributed by atoms with Crippen molar-refractivity contribution in [1.82, 2.24) is 0 Å². The Balaban J connectivity index is 1.74. The van der Waals surface area contributed by atoms with Gasteiger partial charge < -0.3 is 14.9 Å². The van der Waals surface area contributed by atoms with Crippen molar-refractivity contribution >= 4 is 23.8 Å². The van der Waals surface area contributed by atoms with Crippen LogP contribution in [0.5, 0.6) is 0 Å². The molecule has 0 unspecified atom stereocenters. The average Bonchev–Trinajstić information content (AvgIpc) is 2.67. The molecular weight excluding hydrogens is 332 g/mol.